The van der Waals surface area contributed by atoms with Crippen LogP contribution in [0.2, 0.25) is 0 Å². The number of sulfonamides is 1. The fourth-order valence-electron chi connectivity index (χ4n) is 4.26. The molecule has 2 aliphatic rings. The van der Waals surface area contributed by atoms with Crippen LogP contribution in [0, 0.1) is 0 Å². The van der Waals surface area contributed by atoms with Crippen molar-refractivity contribution in [3.8, 4) is 5.75 Å². The third-order valence-corrected chi connectivity index (χ3v) is 7.99. The molecule has 3 rings (SSSR count). The molecule has 0 radical (unpaired) electrons. The molecule has 1 aliphatic heterocycles. The lowest BCUT2D eigenvalue weighted by atomic mass is 9.95. The highest BCUT2D eigenvalue weighted by Gasteiger charge is 2.27. The normalized spacial score (nSPS) is 20.2. The fraction of sp³-hybridized carbons (Fsp3) is 0.682. The zero-order valence-electron chi connectivity index (χ0n) is 18.2. The molecule has 1 atom stereocenters. The van der Waals surface area contributed by atoms with Crippen LogP contribution in [0.1, 0.15) is 64.7 Å². The van der Waals surface area contributed by atoms with Crippen LogP contribution in [0.5, 0.6) is 5.75 Å². The zero-order chi connectivity index (χ0) is 21.6. The summed E-state index contributed by atoms with van der Waals surface area (Å²) in [6.07, 6.45) is 9.47. The van der Waals surface area contributed by atoms with E-state index >= 15 is 0 Å². The second-order valence-corrected chi connectivity index (χ2v) is 10.3. The predicted octanol–water partition coefficient (Wildman–Crippen LogP) is 3.51. The molecule has 8 heteroatoms. The Labute approximate surface area is 180 Å². The Balaban J connectivity index is 1.74. The van der Waals surface area contributed by atoms with Gasteiger partial charge in [0.15, 0.2) is 0 Å². The molecule has 1 amide bonds. The number of hydrogen-bond donors (Lipinski definition) is 2. The van der Waals surface area contributed by atoms with Gasteiger partial charge in [0.25, 0.3) is 0 Å². The van der Waals surface area contributed by atoms with Gasteiger partial charge in [-0.25, -0.2) is 8.42 Å². The van der Waals surface area contributed by atoms with Crippen LogP contribution in [0.4, 0.5) is 5.69 Å². The predicted molar refractivity (Wildman–Crippen MR) is 118 cm³/mol. The highest BCUT2D eigenvalue weighted by Crippen LogP contribution is 2.30. The van der Waals surface area contributed by atoms with E-state index in [0.29, 0.717) is 24.5 Å². The van der Waals surface area contributed by atoms with Crippen molar-refractivity contribution in [1.29, 1.82) is 0 Å². The number of carbonyl (C=O) groups is 1. The minimum absolute atomic E-state index is 0.0790. The number of benzene rings is 1. The Hall–Kier alpha value is -1.80. The van der Waals surface area contributed by atoms with Crippen molar-refractivity contribution in [1.82, 2.24) is 9.62 Å². The van der Waals surface area contributed by atoms with Gasteiger partial charge in [-0.05, 0) is 50.8 Å². The van der Waals surface area contributed by atoms with Gasteiger partial charge < -0.3 is 15.4 Å². The van der Waals surface area contributed by atoms with Crippen LogP contribution in [-0.4, -0.2) is 50.9 Å². The van der Waals surface area contributed by atoms with E-state index in [9.17, 15) is 13.2 Å². The van der Waals surface area contributed by atoms with Gasteiger partial charge in [0.2, 0.25) is 15.9 Å². The molecular weight excluding hydrogens is 402 g/mol. The average molecular weight is 438 g/mol. The first-order valence-corrected chi connectivity index (χ1v) is 12.6. The number of nitrogens with zero attached hydrogens (tertiary/aromatic N) is 1. The van der Waals surface area contributed by atoms with Crippen molar-refractivity contribution >= 4 is 21.6 Å². The lowest BCUT2D eigenvalue weighted by molar-refractivity contribution is -0.122. The zero-order valence-corrected chi connectivity index (χ0v) is 19.0. The smallest absolute Gasteiger partial charge is 0.243 e. The number of nitrogens with one attached hydrogen (secondary N) is 2. The van der Waals surface area contributed by atoms with Gasteiger partial charge in [-0.3, -0.25) is 4.79 Å². The Morgan fingerprint density at radius 3 is 2.33 bits per heavy atom. The second kappa shape index (κ2) is 10.5. The fourth-order valence-corrected chi connectivity index (χ4v) is 5.81. The first-order valence-electron chi connectivity index (χ1n) is 11.2. The maximum absolute atomic E-state index is 13.2. The Morgan fingerprint density at radius 2 is 1.70 bits per heavy atom. The molecule has 1 saturated carbocycles. The van der Waals surface area contributed by atoms with Gasteiger partial charge in [0.05, 0.1) is 17.7 Å². The summed E-state index contributed by atoms with van der Waals surface area (Å²) in [7, 11) is -2.04. The largest absolute Gasteiger partial charge is 0.495 e. The molecule has 2 fully saturated rings. The third kappa shape index (κ3) is 5.66. The molecule has 1 heterocycles. The van der Waals surface area contributed by atoms with Crippen LogP contribution in [0.3, 0.4) is 0 Å². The van der Waals surface area contributed by atoms with E-state index < -0.39 is 16.1 Å². The van der Waals surface area contributed by atoms with Gasteiger partial charge in [-0.2, -0.15) is 4.31 Å². The second-order valence-electron chi connectivity index (χ2n) is 8.39. The lowest BCUT2D eigenvalue weighted by Gasteiger charge is -2.25. The molecular formula is C22H35N3O4S. The van der Waals surface area contributed by atoms with E-state index in [2.05, 4.69) is 10.6 Å². The van der Waals surface area contributed by atoms with Crippen LogP contribution in [-0.2, 0) is 14.8 Å². The first-order chi connectivity index (χ1) is 14.4. The van der Waals surface area contributed by atoms with Gasteiger partial charge in [0, 0.05) is 19.1 Å². The highest BCUT2D eigenvalue weighted by atomic mass is 32.2. The maximum atomic E-state index is 13.2. The van der Waals surface area contributed by atoms with Crippen LogP contribution < -0.4 is 15.4 Å². The van der Waals surface area contributed by atoms with Crippen molar-refractivity contribution in [3.05, 3.63) is 18.2 Å². The summed E-state index contributed by atoms with van der Waals surface area (Å²) in [6.45, 7) is 2.89. The summed E-state index contributed by atoms with van der Waals surface area (Å²) in [4.78, 5) is 12.9. The summed E-state index contributed by atoms with van der Waals surface area (Å²) in [5.74, 6) is 0.437. The van der Waals surface area contributed by atoms with Gasteiger partial charge in [0.1, 0.15) is 11.8 Å². The molecule has 0 aromatic heterocycles. The van der Waals surface area contributed by atoms with Gasteiger partial charge in [-0.1, -0.05) is 32.1 Å². The first kappa shape index (κ1) is 22.9. The Kier molecular flexibility index (Phi) is 7.99. The maximum Gasteiger partial charge on any atom is 0.243 e. The number of methoxy groups -OCH3 is 1. The quantitative estimate of drug-likeness (QED) is 0.682. The average Bonchev–Trinajstić information content (AvgIpc) is 3.04. The minimum atomic E-state index is -3.57. The van der Waals surface area contributed by atoms with Crippen molar-refractivity contribution in [2.75, 3.05) is 25.5 Å². The number of ether oxygens (including phenoxy) is 1. The van der Waals surface area contributed by atoms with E-state index in [1.807, 2.05) is 0 Å². The number of amides is 1. The Morgan fingerprint density at radius 1 is 1.07 bits per heavy atom. The molecule has 1 unspecified atom stereocenters. The molecule has 0 spiro atoms. The number of carbonyl (C=O) groups excluding carboxylic acids is 1. The number of anilines is 1. The van der Waals surface area contributed by atoms with E-state index in [0.717, 1.165) is 51.4 Å². The molecule has 30 heavy (non-hydrogen) atoms. The summed E-state index contributed by atoms with van der Waals surface area (Å²) in [5, 5.41) is 6.27. The molecule has 1 aliphatic carbocycles. The third-order valence-electron chi connectivity index (χ3n) is 6.09. The molecule has 1 aromatic carbocycles. The molecule has 2 N–H and O–H groups in total. The van der Waals surface area contributed by atoms with E-state index in [-0.39, 0.29) is 16.8 Å². The Bertz CT molecular complexity index is 814. The summed E-state index contributed by atoms with van der Waals surface area (Å²) in [6, 6.07) is 4.54. The SMILES string of the molecule is COc1ccc(S(=O)(=O)N2CCCCCC2)cc1NC(C)C(=O)NC1CCCCC1. The molecule has 1 aromatic rings. The van der Waals surface area contributed by atoms with Crippen molar-refractivity contribution in [3.63, 3.8) is 0 Å². The van der Waals surface area contributed by atoms with Crippen molar-refractivity contribution in [2.24, 2.45) is 0 Å². The molecule has 1 saturated heterocycles. The summed E-state index contributed by atoms with van der Waals surface area (Å²) < 4.78 is 33.3. The summed E-state index contributed by atoms with van der Waals surface area (Å²) >= 11 is 0. The van der Waals surface area contributed by atoms with E-state index in [1.54, 1.807) is 29.4 Å². The molecule has 0 bridgehead atoms. The standard InChI is InChI=1S/C22H35N3O4S/c1-17(22(26)24-18-10-6-5-7-11-18)23-20-16-19(12-13-21(20)29-2)30(27,28)25-14-8-3-4-9-15-25/h12-13,16-18,23H,3-11,14-15H2,1-2H3,(H,24,26). The van der Waals surface area contributed by atoms with Crippen molar-refractivity contribution < 1.29 is 17.9 Å². The van der Waals surface area contributed by atoms with Crippen LogP contribution in [0.15, 0.2) is 23.1 Å². The topological polar surface area (TPSA) is 87.7 Å². The van der Waals surface area contributed by atoms with Crippen LogP contribution >= 0.6 is 0 Å². The monoisotopic (exact) mass is 437 g/mol. The number of rotatable bonds is 7. The van der Waals surface area contributed by atoms with Crippen molar-refractivity contribution in [2.45, 2.75) is 81.7 Å². The van der Waals surface area contributed by atoms with Gasteiger partial charge >= 0.3 is 0 Å². The molecule has 7 nitrogen and oxygen atoms in total. The summed E-state index contributed by atoms with van der Waals surface area (Å²) in [5.41, 5.74) is 0.514. The van der Waals surface area contributed by atoms with E-state index in [4.69, 9.17) is 4.74 Å². The van der Waals surface area contributed by atoms with Gasteiger partial charge in [-0.15, -0.1) is 0 Å². The number of hydrogen-bond acceptors (Lipinski definition) is 5. The lowest BCUT2D eigenvalue weighted by Crippen LogP contribution is -2.44. The van der Waals surface area contributed by atoms with E-state index in [1.165, 1.54) is 13.5 Å². The molecule has 168 valence electrons. The van der Waals surface area contributed by atoms with Crippen LogP contribution in [0.25, 0.3) is 0 Å². The minimum Gasteiger partial charge on any atom is -0.495 e. The highest BCUT2D eigenvalue weighted by molar-refractivity contribution is 7.89.